The van der Waals surface area contributed by atoms with Crippen molar-refractivity contribution in [3.63, 3.8) is 0 Å². The van der Waals surface area contributed by atoms with Gasteiger partial charge in [-0.3, -0.25) is 29.4 Å². The lowest BCUT2D eigenvalue weighted by molar-refractivity contribution is -0.384. The van der Waals surface area contributed by atoms with Crippen molar-refractivity contribution in [2.24, 2.45) is 29.6 Å². The van der Waals surface area contributed by atoms with Crippen LogP contribution in [0.3, 0.4) is 0 Å². The molecule has 2 saturated carbocycles. The number of aryl methyl sites for hydroxylation is 1. The highest BCUT2D eigenvalue weighted by atomic mass is 79.9. The molecule has 3 heterocycles. The summed E-state index contributed by atoms with van der Waals surface area (Å²) in [6.07, 6.45) is 0.756. The molecular formula is C33H26BrN3O6S2. The largest absolute Gasteiger partial charge is 0.489 e. The third kappa shape index (κ3) is 4.44. The summed E-state index contributed by atoms with van der Waals surface area (Å²) in [6, 6.07) is 19.7. The quantitative estimate of drug-likeness (QED) is 0.135. The first kappa shape index (κ1) is 28.7. The highest BCUT2D eigenvalue weighted by Gasteiger charge is 2.69. The fourth-order valence-electron chi connectivity index (χ4n) is 8.16. The lowest BCUT2D eigenvalue weighted by Crippen LogP contribution is -2.42. The maximum absolute atomic E-state index is 14.1. The summed E-state index contributed by atoms with van der Waals surface area (Å²) < 4.78 is 7.39. The fraction of sp³-hybridized carbons (Fsp3) is 0.303. The summed E-state index contributed by atoms with van der Waals surface area (Å²) in [4.78, 5) is 56.5. The fourth-order valence-corrected chi connectivity index (χ4v) is 11.4. The molecule has 4 aliphatic rings. The lowest BCUT2D eigenvalue weighted by Gasteiger charge is -2.43. The SMILES string of the molecule is Cc1ccccc1COc1ccc(Br)cc1C1c2sc(=O)[nH]c2SC2C1[C@H]1C[C@@H]2C2C(=O)N(c3ccc([N+](=O)[O-])cc3)C(=O)C21. The number of H-pyrrole nitrogens is 1. The van der Waals surface area contributed by atoms with Gasteiger partial charge in [0.15, 0.2) is 0 Å². The Hall–Kier alpha value is -3.74. The topological polar surface area (TPSA) is 123 Å². The number of thioether (sulfide) groups is 1. The van der Waals surface area contributed by atoms with Gasteiger partial charge in [0.1, 0.15) is 12.4 Å². The number of carbonyl (C=O) groups is 2. The second kappa shape index (κ2) is 10.7. The van der Waals surface area contributed by atoms with Crippen molar-refractivity contribution >= 4 is 62.2 Å². The maximum atomic E-state index is 14.1. The molecule has 12 heteroatoms. The number of ether oxygens (including phenoxy) is 1. The molecule has 4 aromatic rings. The van der Waals surface area contributed by atoms with E-state index >= 15 is 0 Å². The molecule has 1 saturated heterocycles. The predicted molar refractivity (Wildman–Crippen MR) is 174 cm³/mol. The minimum atomic E-state index is -0.502. The molecule has 45 heavy (non-hydrogen) atoms. The third-order valence-corrected chi connectivity index (χ3v) is 13.1. The van der Waals surface area contributed by atoms with Gasteiger partial charge in [0.25, 0.3) is 5.69 Å². The number of fused-ring (bicyclic) bond motifs is 9. The van der Waals surface area contributed by atoms with Crippen LogP contribution in [0.15, 0.2) is 81.0 Å². The van der Waals surface area contributed by atoms with Gasteiger partial charge >= 0.3 is 4.87 Å². The molecule has 228 valence electrons. The Balaban J connectivity index is 1.19. The van der Waals surface area contributed by atoms with Crippen molar-refractivity contribution in [3.05, 3.63) is 113 Å². The highest BCUT2D eigenvalue weighted by Crippen LogP contribution is 2.69. The van der Waals surface area contributed by atoms with E-state index in [0.29, 0.717) is 12.3 Å². The monoisotopic (exact) mass is 703 g/mol. The van der Waals surface area contributed by atoms with Gasteiger partial charge in [0.05, 0.1) is 27.5 Å². The van der Waals surface area contributed by atoms with Gasteiger partial charge in [-0.2, -0.15) is 0 Å². The number of aromatic nitrogens is 1. The van der Waals surface area contributed by atoms with Crippen molar-refractivity contribution in [3.8, 4) is 5.75 Å². The molecule has 3 fully saturated rings. The summed E-state index contributed by atoms with van der Waals surface area (Å²) in [5, 5.41) is 12.0. The van der Waals surface area contributed by atoms with Crippen LogP contribution in [0.4, 0.5) is 11.4 Å². The molecule has 3 aromatic carbocycles. The first-order valence-corrected chi connectivity index (χ1v) is 17.2. The average Bonchev–Trinajstić information content (AvgIpc) is 3.76. The average molecular weight is 705 g/mol. The minimum Gasteiger partial charge on any atom is -0.489 e. The number of anilines is 1. The zero-order valence-electron chi connectivity index (χ0n) is 23.8. The van der Waals surface area contributed by atoms with Crippen LogP contribution in [0, 0.1) is 46.6 Å². The second-order valence-corrected chi connectivity index (χ2v) is 15.3. The van der Waals surface area contributed by atoms with E-state index in [-0.39, 0.29) is 51.3 Å². The van der Waals surface area contributed by atoms with E-state index in [2.05, 4.69) is 40.0 Å². The molecule has 7 atom stereocenters. The number of hydrogen-bond acceptors (Lipinski definition) is 8. The zero-order valence-corrected chi connectivity index (χ0v) is 27.1. The molecule has 8 rings (SSSR count). The summed E-state index contributed by atoms with van der Waals surface area (Å²) in [5.74, 6) is -1.02. The Bertz CT molecular complexity index is 1960. The first-order valence-electron chi connectivity index (χ1n) is 14.7. The van der Waals surface area contributed by atoms with Gasteiger partial charge in [-0.25, -0.2) is 0 Å². The lowest BCUT2D eigenvalue weighted by atomic mass is 9.68. The minimum absolute atomic E-state index is 0.00359. The Kier molecular flexibility index (Phi) is 6.81. The van der Waals surface area contributed by atoms with Crippen LogP contribution in [0.2, 0.25) is 0 Å². The van der Waals surface area contributed by atoms with E-state index in [1.807, 2.05) is 30.3 Å². The van der Waals surface area contributed by atoms with Gasteiger partial charge in [-0.15, -0.1) is 11.8 Å². The molecule has 1 N–H and O–H groups in total. The number of halogens is 1. The number of imide groups is 1. The number of non-ortho nitro benzene ring substituents is 1. The molecule has 2 aliphatic heterocycles. The third-order valence-electron chi connectivity index (χ3n) is 9.99. The predicted octanol–water partition coefficient (Wildman–Crippen LogP) is 6.67. The maximum Gasteiger partial charge on any atom is 0.305 e. The van der Waals surface area contributed by atoms with Crippen LogP contribution in [-0.2, 0) is 16.2 Å². The first-order chi connectivity index (χ1) is 21.7. The molecule has 0 spiro atoms. The van der Waals surface area contributed by atoms with Gasteiger partial charge in [-0.05, 0) is 72.6 Å². The number of rotatable bonds is 6. The van der Waals surface area contributed by atoms with Gasteiger partial charge in [0, 0.05) is 38.2 Å². The number of hydrogen-bond donors (Lipinski definition) is 1. The van der Waals surface area contributed by atoms with Gasteiger partial charge in [0.2, 0.25) is 11.8 Å². The van der Waals surface area contributed by atoms with Crippen LogP contribution in [0.1, 0.15) is 33.9 Å². The molecule has 2 aliphatic carbocycles. The Morgan fingerprint density at radius 2 is 1.76 bits per heavy atom. The van der Waals surface area contributed by atoms with Crippen molar-refractivity contribution in [2.45, 2.75) is 36.1 Å². The molecule has 2 bridgehead atoms. The molecule has 5 unspecified atom stereocenters. The number of thiazole rings is 1. The van der Waals surface area contributed by atoms with E-state index in [9.17, 15) is 24.5 Å². The Labute approximate surface area is 274 Å². The molecule has 2 amide bonds. The van der Waals surface area contributed by atoms with Gasteiger partial charge < -0.3 is 9.72 Å². The summed E-state index contributed by atoms with van der Waals surface area (Å²) in [5.41, 5.74) is 3.44. The molecule has 9 nitrogen and oxygen atoms in total. The van der Waals surface area contributed by atoms with E-state index < -0.39 is 16.8 Å². The summed E-state index contributed by atoms with van der Waals surface area (Å²) in [7, 11) is 0. The molecule has 1 aromatic heterocycles. The van der Waals surface area contributed by atoms with Crippen LogP contribution >= 0.6 is 39.0 Å². The van der Waals surface area contributed by atoms with E-state index in [0.717, 1.165) is 43.2 Å². The number of amides is 2. The van der Waals surface area contributed by atoms with Crippen molar-refractivity contribution < 1.29 is 19.2 Å². The zero-order chi connectivity index (χ0) is 31.1. The summed E-state index contributed by atoms with van der Waals surface area (Å²) in [6.45, 7) is 2.44. The second-order valence-electron chi connectivity index (χ2n) is 12.1. The van der Waals surface area contributed by atoms with Crippen molar-refractivity contribution in [1.29, 1.82) is 0 Å². The summed E-state index contributed by atoms with van der Waals surface area (Å²) >= 11 is 6.51. The smallest absolute Gasteiger partial charge is 0.305 e. The standard InChI is InChI=1S/C33H26BrN3O6S2/c1-15-4-2-3-5-16(15)14-43-23-11-6-17(34)12-20(23)24-25-21-13-22(28(25)44-30-29(24)45-33(40)35-30)27-26(21)31(38)36(32(27)39)18-7-9-19(10-8-18)37(41)42/h2-12,21-22,24-28H,13-14H2,1H3,(H,35,40)/t21-,22-,24?,25?,26?,27?,28?/m1/s1. The van der Waals surface area contributed by atoms with E-state index in [4.69, 9.17) is 4.74 Å². The van der Waals surface area contributed by atoms with E-state index in [1.165, 1.54) is 40.5 Å². The normalized spacial score (nSPS) is 27.8. The van der Waals surface area contributed by atoms with Crippen LogP contribution in [0.25, 0.3) is 0 Å². The van der Waals surface area contributed by atoms with Crippen LogP contribution < -0.4 is 14.5 Å². The number of carbonyl (C=O) groups excluding carboxylic acids is 2. The van der Waals surface area contributed by atoms with Crippen molar-refractivity contribution in [1.82, 2.24) is 4.98 Å². The molecular weight excluding hydrogens is 678 g/mol. The highest BCUT2D eigenvalue weighted by molar-refractivity contribution is 9.10. The van der Waals surface area contributed by atoms with Gasteiger partial charge in [-0.1, -0.05) is 51.5 Å². The molecule has 0 radical (unpaired) electrons. The number of benzene rings is 3. The number of aromatic amines is 1. The number of nitro groups is 1. The Morgan fingerprint density at radius 3 is 2.49 bits per heavy atom. The number of nitrogens with one attached hydrogen (secondary N) is 1. The Morgan fingerprint density at radius 1 is 1.02 bits per heavy atom. The van der Waals surface area contributed by atoms with E-state index in [1.54, 1.807) is 11.8 Å². The van der Waals surface area contributed by atoms with Crippen molar-refractivity contribution in [2.75, 3.05) is 4.90 Å². The van der Waals surface area contributed by atoms with Crippen LogP contribution in [0.5, 0.6) is 5.75 Å². The number of nitrogens with zero attached hydrogens (tertiary/aromatic N) is 2. The van der Waals surface area contributed by atoms with Crippen LogP contribution in [-0.4, -0.2) is 27.0 Å². The number of nitro benzene ring substituents is 1.